The normalized spacial score (nSPS) is 19.5. The monoisotopic (exact) mass is 431 g/mol. The van der Waals surface area contributed by atoms with Gasteiger partial charge in [-0.3, -0.25) is 0 Å². The lowest BCUT2D eigenvalue weighted by Gasteiger charge is -2.28. The van der Waals surface area contributed by atoms with Crippen LogP contribution < -0.4 is 5.32 Å². The molecule has 2 aliphatic carbocycles. The van der Waals surface area contributed by atoms with Crippen molar-refractivity contribution >= 4 is 0 Å². The molecule has 31 heavy (non-hydrogen) atoms. The summed E-state index contributed by atoms with van der Waals surface area (Å²) < 4.78 is 0. The second-order valence-corrected chi connectivity index (χ2v) is 9.97. The molecule has 4 nitrogen and oxygen atoms in total. The Kier molecular flexibility index (Phi) is 10.6. The van der Waals surface area contributed by atoms with Crippen molar-refractivity contribution in [1.82, 2.24) is 5.32 Å². The minimum atomic E-state index is -0.331. The van der Waals surface area contributed by atoms with E-state index in [1.807, 2.05) is 0 Å². The van der Waals surface area contributed by atoms with E-state index in [9.17, 15) is 10.2 Å². The fraction of sp³-hybridized carbons (Fsp3) is 0.778. The number of aliphatic hydroxyl groups is 2. The van der Waals surface area contributed by atoms with Crippen LogP contribution in [0.4, 0.5) is 0 Å². The predicted octanol–water partition coefficient (Wildman–Crippen LogP) is 5.53. The molecule has 3 rings (SSSR count). The van der Waals surface area contributed by atoms with Crippen LogP contribution in [0.1, 0.15) is 118 Å². The maximum atomic E-state index is 11.2. The minimum Gasteiger partial charge on any atom is -0.507 e. The number of hydrogen-bond acceptors (Lipinski definition) is 4. The topological polar surface area (TPSA) is 72.7 Å². The van der Waals surface area contributed by atoms with E-state index in [-0.39, 0.29) is 12.7 Å². The van der Waals surface area contributed by atoms with Crippen LogP contribution in [0.2, 0.25) is 0 Å². The number of phenols is 1. The predicted molar refractivity (Wildman–Crippen MR) is 128 cm³/mol. The highest BCUT2D eigenvalue weighted by Crippen LogP contribution is 2.44. The van der Waals surface area contributed by atoms with Crippen molar-refractivity contribution in [3.05, 3.63) is 28.8 Å². The Balaban J connectivity index is 1.62. The first-order valence-electron chi connectivity index (χ1n) is 13.0. The molecule has 2 saturated carbocycles. The smallest absolute Gasteiger partial charge is 0.122 e. The molecule has 176 valence electrons. The van der Waals surface area contributed by atoms with Gasteiger partial charge < -0.3 is 20.6 Å². The van der Waals surface area contributed by atoms with E-state index in [4.69, 9.17) is 5.11 Å². The highest BCUT2D eigenvalue weighted by atomic mass is 16.3. The zero-order valence-corrected chi connectivity index (χ0v) is 19.5. The maximum absolute atomic E-state index is 11.2. The van der Waals surface area contributed by atoms with Crippen LogP contribution in [0.5, 0.6) is 5.75 Å². The van der Waals surface area contributed by atoms with Crippen LogP contribution >= 0.6 is 0 Å². The third-order valence-corrected chi connectivity index (χ3v) is 7.44. The molecule has 0 radical (unpaired) electrons. The third-order valence-electron chi connectivity index (χ3n) is 7.44. The van der Waals surface area contributed by atoms with Gasteiger partial charge in [-0.1, -0.05) is 50.7 Å². The lowest BCUT2D eigenvalue weighted by Crippen LogP contribution is -2.20. The van der Waals surface area contributed by atoms with Gasteiger partial charge in [0.05, 0.1) is 6.10 Å². The number of aromatic hydroxyl groups is 1. The summed E-state index contributed by atoms with van der Waals surface area (Å²) in [6.07, 6.45) is 16.4. The molecular formula is C27H45NO3. The molecule has 2 aliphatic rings. The molecule has 2 fully saturated rings. The van der Waals surface area contributed by atoms with Gasteiger partial charge in [-0.2, -0.15) is 0 Å². The van der Waals surface area contributed by atoms with Crippen molar-refractivity contribution < 1.29 is 15.3 Å². The van der Waals surface area contributed by atoms with Crippen molar-refractivity contribution in [1.29, 1.82) is 0 Å². The summed E-state index contributed by atoms with van der Waals surface area (Å²) in [7, 11) is 0. The molecule has 4 heteroatoms. The number of aliphatic hydroxyl groups excluding tert-OH is 2. The first-order chi connectivity index (χ1) is 15.2. The van der Waals surface area contributed by atoms with Gasteiger partial charge in [-0.05, 0) is 99.4 Å². The van der Waals surface area contributed by atoms with Crippen molar-refractivity contribution in [3.8, 4) is 5.75 Å². The van der Waals surface area contributed by atoms with Gasteiger partial charge in [0.25, 0.3) is 0 Å². The summed E-state index contributed by atoms with van der Waals surface area (Å²) >= 11 is 0. The second-order valence-electron chi connectivity index (χ2n) is 9.97. The summed E-state index contributed by atoms with van der Waals surface area (Å²) in [5.41, 5.74) is 3.54. The van der Waals surface area contributed by atoms with Gasteiger partial charge in [0.2, 0.25) is 0 Å². The highest BCUT2D eigenvalue weighted by molar-refractivity contribution is 5.48. The molecule has 4 N–H and O–H groups in total. The van der Waals surface area contributed by atoms with Crippen LogP contribution in [0, 0.1) is 0 Å². The Hall–Kier alpha value is -1.10. The average molecular weight is 432 g/mol. The van der Waals surface area contributed by atoms with Crippen LogP contribution in [-0.4, -0.2) is 41.1 Å². The molecule has 1 aromatic rings. The molecule has 0 spiro atoms. The van der Waals surface area contributed by atoms with Gasteiger partial charge in [-0.25, -0.2) is 0 Å². The molecule has 1 unspecified atom stereocenters. The van der Waals surface area contributed by atoms with Gasteiger partial charge in [-0.15, -0.1) is 0 Å². The number of phenolic OH excluding ortho intramolecular Hbond substituents is 1. The van der Waals surface area contributed by atoms with E-state index < -0.39 is 0 Å². The summed E-state index contributed by atoms with van der Waals surface area (Å²) in [4.78, 5) is 0. The van der Waals surface area contributed by atoms with Crippen LogP contribution in [0.3, 0.4) is 0 Å². The average Bonchev–Trinajstić information content (AvgIpc) is 2.80. The zero-order chi connectivity index (χ0) is 21.9. The largest absolute Gasteiger partial charge is 0.507 e. The van der Waals surface area contributed by atoms with Crippen LogP contribution in [0.25, 0.3) is 0 Å². The van der Waals surface area contributed by atoms with Gasteiger partial charge in [0.15, 0.2) is 0 Å². The summed E-state index contributed by atoms with van der Waals surface area (Å²) in [6, 6.07) is 4.43. The maximum Gasteiger partial charge on any atom is 0.122 e. The Labute approximate surface area is 189 Å². The van der Waals surface area contributed by atoms with E-state index in [1.165, 1.54) is 69.8 Å². The number of unbranched alkanes of at least 4 members (excludes halogenated alkanes) is 1. The van der Waals surface area contributed by atoms with Crippen molar-refractivity contribution in [2.24, 2.45) is 0 Å². The Morgan fingerprint density at radius 1 is 0.806 bits per heavy atom. The Morgan fingerprint density at radius 3 is 1.90 bits per heavy atom. The van der Waals surface area contributed by atoms with Gasteiger partial charge in [0, 0.05) is 6.61 Å². The highest BCUT2D eigenvalue weighted by Gasteiger charge is 2.26. The summed E-state index contributed by atoms with van der Waals surface area (Å²) in [5, 5.41) is 34.1. The van der Waals surface area contributed by atoms with Crippen molar-refractivity contribution in [2.75, 3.05) is 19.7 Å². The molecule has 0 aromatic heterocycles. The van der Waals surface area contributed by atoms with Crippen LogP contribution in [-0.2, 0) is 6.42 Å². The lowest BCUT2D eigenvalue weighted by molar-refractivity contribution is 0.161. The third kappa shape index (κ3) is 7.76. The van der Waals surface area contributed by atoms with E-state index in [0.717, 1.165) is 49.9 Å². The molecule has 1 aromatic carbocycles. The van der Waals surface area contributed by atoms with Crippen molar-refractivity contribution in [2.45, 2.75) is 114 Å². The fourth-order valence-corrected chi connectivity index (χ4v) is 5.64. The fourth-order valence-electron chi connectivity index (χ4n) is 5.64. The quantitative estimate of drug-likeness (QED) is 0.328. The first kappa shape index (κ1) is 24.5. The zero-order valence-electron chi connectivity index (χ0n) is 19.5. The van der Waals surface area contributed by atoms with E-state index in [1.54, 1.807) is 0 Å². The van der Waals surface area contributed by atoms with Crippen LogP contribution in [0.15, 0.2) is 12.1 Å². The number of benzene rings is 1. The molecular weight excluding hydrogens is 386 g/mol. The molecule has 0 bridgehead atoms. The molecule has 0 aliphatic heterocycles. The molecule has 0 amide bonds. The lowest BCUT2D eigenvalue weighted by atomic mass is 9.78. The first-order valence-corrected chi connectivity index (χ1v) is 13.0. The number of nitrogens with one attached hydrogen (secondary N) is 1. The molecule has 0 heterocycles. The Morgan fingerprint density at radius 2 is 1.35 bits per heavy atom. The SMILES string of the molecule is OCCCCNCCCC(O)Cc1cc(C2CCCCC2)c(O)c(C2CCCCC2)c1. The minimum absolute atomic E-state index is 0.263. The van der Waals surface area contributed by atoms with Gasteiger partial charge in [0.1, 0.15) is 5.75 Å². The Bertz CT molecular complexity index is 596. The van der Waals surface area contributed by atoms with E-state index in [0.29, 0.717) is 24.0 Å². The molecule has 0 saturated heterocycles. The molecule has 1 atom stereocenters. The number of hydrogen-bond donors (Lipinski definition) is 4. The van der Waals surface area contributed by atoms with E-state index in [2.05, 4.69) is 17.4 Å². The number of rotatable bonds is 12. The van der Waals surface area contributed by atoms with Gasteiger partial charge >= 0.3 is 0 Å². The summed E-state index contributed by atoms with van der Waals surface area (Å²) in [6.45, 7) is 2.11. The van der Waals surface area contributed by atoms with Crippen molar-refractivity contribution in [3.63, 3.8) is 0 Å². The standard InChI is InChI=1S/C27H45NO3/c29-17-8-7-15-28-16-9-14-24(30)18-21-19-25(22-10-3-1-4-11-22)27(31)26(20-21)23-12-5-2-6-13-23/h19-20,22-24,28-31H,1-18H2. The second kappa shape index (κ2) is 13.4. The summed E-state index contributed by atoms with van der Waals surface area (Å²) in [5.74, 6) is 1.54. The van der Waals surface area contributed by atoms with E-state index >= 15 is 0 Å².